The van der Waals surface area contributed by atoms with Crippen molar-refractivity contribution in [1.29, 1.82) is 0 Å². The number of ether oxygens (including phenoxy) is 3. The maximum Gasteiger partial charge on any atom is 0.360 e. The molecule has 0 amide bonds. The Morgan fingerprint density at radius 2 is 1.41 bits per heavy atom. The van der Waals surface area contributed by atoms with E-state index in [1.54, 1.807) is 6.08 Å². The Labute approximate surface area is 379 Å². The SMILES string of the molecule is C/C=C/[C@H](O[Si](C)(C)C(C)(C)C)C(C)(C)[C@@H](C)C/C=C\[C@H]1O[C@H]1/C=C/C=C\c1nc(C(=O)O[C@@H](C\C=C/C=C\C=C\[C@H](C)Cc2nc(C(=O)OC)co2)C(C)(C)[C@@H](C)/C=C/C)co1. The summed E-state index contributed by atoms with van der Waals surface area (Å²) in [5.41, 5.74) is -0.145. The molecule has 10 nitrogen and oxygen atoms in total. The Morgan fingerprint density at radius 1 is 0.762 bits per heavy atom. The largest absolute Gasteiger partial charge is 0.464 e. The average Bonchev–Trinajstić information content (AvgIpc) is 3.52. The number of rotatable bonds is 24. The van der Waals surface area contributed by atoms with Gasteiger partial charge in [-0.05, 0) is 61.6 Å². The quantitative estimate of drug-likeness (QED) is 0.0330. The third-order valence-corrected chi connectivity index (χ3v) is 17.2. The molecule has 63 heavy (non-hydrogen) atoms. The minimum atomic E-state index is -1.94. The average molecular weight is 885 g/mol. The van der Waals surface area contributed by atoms with Crippen molar-refractivity contribution in [3.63, 3.8) is 0 Å². The van der Waals surface area contributed by atoms with E-state index in [9.17, 15) is 9.59 Å². The third-order valence-electron chi connectivity index (χ3n) is 12.8. The van der Waals surface area contributed by atoms with Gasteiger partial charge in [0, 0.05) is 24.3 Å². The lowest BCUT2D eigenvalue weighted by Gasteiger charge is -2.45. The highest BCUT2D eigenvalue weighted by Gasteiger charge is 2.43. The van der Waals surface area contributed by atoms with Crippen LogP contribution in [0.2, 0.25) is 18.1 Å². The van der Waals surface area contributed by atoms with Crippen molar-refractivity contribution >= 4 is 26.3 Å². The van der Waals surface area contributed by atoms with Crippen molar-refractivity contribution in [3.05, 3.63) is 127 Å². The molecule has 11 heteroatoms. The van der Waals surface area contributed by atoms with Crippen molar-refractivity contribution in [2.75, 3.05) is 7.11 Å². The van der Waals surface area contributed by atoms with Crippen LogP contribution < -0.4 is 0 Å². The third kappa shape index (κ3) is 16.2. The summed E-state index contributed by atoms with van der Waals surface area (Å²) in [6.07, 6.45) is 36.4. The van der Waals surface area contributed by atoms with Crippen LogP contribution in [0.15, 0.2) is 113 Å². The number of methoxy groups -OCH3 is 1. The van der Waals surface area contributed by atoms with Crippen molar-refractivity contribution in [2.45, 2.75) is 145 Å². The number of hydrogen-bond donors (Lipinski definition) is 0. The first-order valence-corrected chi connectivity index (χ1v) is 25.3. The predicted octanol–water partition coefficient (Wildman–Crippen LogP) is 13.1. The van der Waals surface area contributed by atoms with Gasteiger partial charge in [0.2, 0.25) is 5.89 Å². The van der Waals surface area contributed by atoms with E-state index in [-0.39, 0.29) is 57.4 Å². The number of carbonyl (C=O) groups excluding carboxylic acids is 2. The number of aromatic nitrogens is 2. The molecule has 1 fully saturated rings. The van der Waals surface area contributed by atoms with Gasteiger partial charge in [-0.2, -0.15) is 0 Å². The fourth-order valence-corrected chi connectivity index (χ4v) is 7.83. The first kappa shape index (κ1) is 52.8. The Hall–Kier alpha value is -4.58. The maximum atomic E-state index is 13.4. The molecule has 0 N–H and O–H groups in total. The van der Waals surface area contributed by atoms with Gasteiger partial charge in [-0.25, -0.2) is 19.6 Å². The van der Waals surface area contributed by atoms with Gasteiger partial charge in [-0.1, -0.05) is 160 Å². The number of epoxide rings is 1. The summed E-state index contributed by atoms with van der Waals surface area (Å²) in [6.45, 7) is 30.9. The normalized spacial score (nSPS) is 19.5. The highest BCUT2D eigenvalue weighted by molar-refractivity contribution is 6.74. The fraction of sp³-hybridized carbons (Fsp3) is 0.538. The molecule has 3 rings (SSSR count). The zero-order chi connectivity index (χ0) is 47.0. The summed E-state index contributed by atoms with van der Waals surface area (Å²) in [4.78, 5) is 33.6. The zero-order valence-corrected chi connectivity index (χ0v) is 41.7. The molecule has 0 saturated carbocycles. The Morgan fingerprint density at radius 3 is 2.08 bits per heavy atom. The van der Waals surface area contributed by atoms with Crippen molar-refractivity contribution in [1.82, 2.24) is 9.97 Å². The molecule has 0 bridgehead atoms. The van der Waals surface area contributed by atoms with E-state index in [1.807, 2.05) is 74.6 Å². The van der Waals surface area contributed by atoms with Gasteiger partial charge in [0.1, 0.15) is 30.8 Å². The number of oxazole rings is 2. The molecule has 346 valence electrons. The molecule has 2 aromatic heterocycles. The second-order valence-electron chi connectivity index (χ2n) is 19.4. The van der Waals surface area contributed by atoms with Gasteiger partial charge in [0.15, 0.2) is 25.6 Å². The van der Waals surface area contributed by atoms with Crippen LogP contribution in [0.1, 0.15) is 129 Å². The standard InChI is InChI=1S/C52H76N2O8Si/c1-16-26-38(4)51(9,10)44(32-22-20-18-19-21-28-37(3)34-47-54-40(35-59-47)48(55)57-13)61-49(56)41-36-58-46(53-41)33-24-23-30-42-43(60-42)31-25-29-39(5)52(11,12)45(27-17-2)62-63(14,15)50(6,7)8/h16-28,30-31,33,35-39,42-45H,29,32,34H2,1-15H3/b19-18-,22-20-,26-16+,27-17+,28-21+,30-23+,31-25-,33-24-/t37-,38-,39-,42-,43+,44-,45-/m0/s1. The van der Waals surface area contributed by atoms with Gasteiger partial charge in [0.05, 0.1) is 13.2 Å². The van der Waals surface area contributed by atoms with Crippen LogP contribution in [-0.2, 0) is 25.1 Å². The Kier molecular flexibility index (Phi) is 20.0. The molecule has 0 aromatic carbocycles. The van der Waals surface area contributed by atoms with Gasteiger partial charge in [-0.15, -0.1) is 0 Å². The highest BCUT2D eigenvalue weighted by Crippen LogP contribution is 2.43. The van der Waals surface area contributed by atoms with E-state index in [0.717, 1.165) is 6.42 Å². The lowest BCUT2D eigenvalue weighted by Crippen LogP contribution is -2.48. The van der Waals surface area contributed by atoms with Crippen LogP contribution in [0.3, 0.4) is 0 Å². The molecule has 0 radical (unpaired) electrons. The lowest BCUT2D eigenvalue weighted by atomic mass is 9.73. The summed E-state index contributed by atoms with van der Waals surface area (Å²) in [5.74, 6) is 0.394. The summed E-state index contributed by atoms with van der Waals surface area (Å²) in [7, 11) is -0.629. The topological polar surface area (TPSA) is 126 Å². The number of allylic oxidation sites excluding steroid dienone is 11. The molecule has 2 aromatic rings. The van der Waals surface area contributed by atoms with E-state index in [4.69, 9.17) is 22.7 Å². The van der Waals surface area contributed by atoms with Gasteiger partial charge >= 0.3 is 11.9 Å². The van der Waals surface area contributed by atoms with Crippen LogP contribution in [0, 0.1) is 28.6 Å². The molecule has 0 unspecified atom stereocenters. The number of hydrogen-bond acceptors (Lipinski definition) is 10. The van der Waals surface area contributed by atoms with Gasteiger partial charge in [-0.3, -0.25) is 0 Å². The first-order valence-electron chi connectivity index (χ1n) is 22.4. The van der Waals surface area contributed by atoms with E-state index >= 15 is 0 Å². The lowest BCUT2D eigenvalue weighted by molar-refractivity contribution is -0.0184. The minimum absolute atomic E-state index is 0.0120. The summed E-state index contributed by atoms with van der Waals surface area (Å²) in [6, 6.07) is 0. The second kappa shape index (κ2) is 23.9. The van der Waals surface area contributed by atoms with E-state index in [0.29, 0.717) is 30.5 Å². The van der Waals surface area contributed by atoms with E-state index < -0.39 is 26.4 Å². The highest BCUT2D eigenvalue weighted by atomic mass is 28.4. The monoisotopic (exact) mass is 885 g/mol. The molecule has 0 spiro atoms. The Bertz CT molecular complexity index is 2000. The van der Waals surface area contributed by atoms with Gasteiger partial charge < -0.3 is 27.5 Å². The van der Waals surface area contributed by atoms with Crippen LogP contribution in [-0.4, -0.2) is 61.7 Å². The zero-order valence-electron chi connectivity index (χ0n) is 40.7. The number of nitrogens with zero attached hydrogens (tertiary/aromatic N) is 2. The smallest absolute Gasteiger partial charge is 0.360 e. The number of esters is 2. The molecule has 1 aliphatic heterocycles. The van der Waals surface area contributed by atoms with Crippen LogP contribution in [0.4, 0.5) is 0 Å². The van der Waals surface area contributed by atoms with Gasteiger partial charge in [0.25, 0.3) is 0 Å². The molecule has 0 aliphatic carbocycles. The van der Waals surface area contributed by atoms with Crippen molar-refractivity contribution in [2.24, 2.45) is 28.6 Å². The summed E-state index contributed by atoms with van der Waals surface area (Å²) >= 11 is 0. The van der Waals surface area contributed by atoms with E-state index in [1.165, 1.54) is 19.6 Å². The molecule has 7 atom stereocenters. The summed E-state index contributed by atoms with van der Waals surface area (Å²) in [5, 5.41) is 0.146. The van der Waals surface area contributed by atoms with Crippen LogP contribution >= 0.6 is 0 Å². The maximum absolute atomic E-state index is 13.4. The first-order chi connectivity index (χ1) is 29.6. The minimum Gasteiger partial charge on any atom is -0.464 e. The fourth-order valence-electron chi connectivity index (χ4n) is 6.46. The molecular formula is C52H76N2O8Si. The molecule has 1 saturated heterocycles. The predicted molar refractivity (Wildman–Crippen MR) is 257 cm³/mol. The van der Waals surface area contributed by atoms with Crippen molar-refractivity contribution in [3.8, 4) is 0 Å². The van der Waals surface area contributed by atoms with Crippen LogP contribution in [0.5, 0.6) is 0 Å². The molecular weight excluding hydrogens is 809 g/mol. The number of carbonyl (C=O) groups is 2. The molecule has 1 aliphatic rings. The van der Waals surface area contributed by atoms with E-state index in [2.05, 4.69) is 127 Å². The Balaban J connectivity index is 1.53. The molecule has 3 heterocycles. The van der Waals surface area contributed by atoms with Crippen LogP contribution in [0.25, 0.3) is 6.08 Å². The second-order valence-corrected chi connectivity index (χ2v) is 24.1. The summed E-state index contributed by atoms with van der Waals surface area (Å²) < 4.78 is 34.6. The van der Waals surface area contributed by atoms with Crippen molar-refractivity contribution < 1.29 is 37.1 Å².